The van der Waals surface area contributed by atoms with Crippen LogP contribution in [0.5, 0.6) is 5.75 Å². The van der Waals surface area contributed by atoms with Crippen LogP contribution in [0, 0.1) is 0 Å². The van der Waals surface area contributed by atoms with Crippen molar-refractivity contribution in [3.8, 4) is 5.75 Å². The molecule has 2 heterocycles. The van der Waals surface area contributed by atoms with Crippen molar-refractivity contribution in [2.75, 3.05) is 11.9 Å². The Morgan fingerprint density at radius 2 is 1.75 bits per heavy atom. The second-order valence-corrected chi connectivity index (χ2v) is 7.08. The van der Waals surface area contributed by atoms with Gasteiger partial charge in [0.15, 0.2) is 0 Å². The minimum atomic E-state index is -0.478. The number of hydrogen-bond donors (Lipinski definition) is 2. The van der Waals surface area contributed by atoms with Crippen molar-refractivity contribution in [1.29, 1.82) is 0 Å². The average molecular weight is 433 g/mol. The predicted octanol–water partition coefficient (Wildman–Crippen LogP) is 2.58. The highest BCUT2D eigenvalue weighted by molar-refractivity contribution is 6.22. The molecule has 0 unspecified atom stereocenters. The first kappa shape index (κ1) is 20.9. The molecule has 4 rings (SSSR count). The van der Waals surface area contributed by atoms with Crippen LogP contribution in [0.1, 0.15) is 43.3 Å². The number of imide groups is 1. The minimum absolute atomic E-state index is 0.0226. The quantitative estimate of drug-likeness (QED) is 0.525. The van der Waals surface area contributed by atoms with Gasteiger partial charge in [0, 0.05) is 11.3 Å². The molecular weight excluding hydrogens is 414 g/mol. The highest BCUT2D eigenvalue weighted by atomic mass is 16.5. The van der Waals surface area contributed by atoms with Crippen LogP contribution in [-0.4, -0.2) is 35.1 Å². The van der Waals surface area contributed by atoms with Gasteiger partial charge >= 0.3 is 0 Å². The summed E-state index contributed by atoms with van der Waals surface area (Å²) in [6, 6.07) is 14.3. The van der Waals surface area contributed by atoms with Crippen molar-refractivity contribution in [3.63, 3.8) is 0 Å². The molecule has 3 aromatic rings. The van der Waals surface area contributed by atoms with Crippen LogP contribution in [0.25, 0.3) is 0 Å². The Labute approximate surface area is 182 Å². The molecule has 0 bridgehead atoms. The number of amides is 4. The van der Waals surface area contributed by atoms with Gasteiger partial charge in [0.25, 0.3) is 17.7 Å². The number of ether oxygens (including phenoxy) is 1. The largest absolute Gasteiger partial charge is 0.493 e. The third-order valence-corrected chi connectivity index (χ3v) is 4.86. The lowest BCUT2D eigenvalue weighted by Crippen LogP contribution is -2.28. The maximum Gasteiger partial charge on any atom is 0.261 e. The third kappa shape index (κ3) is 4.36. The van der Waals surface area contributed by atoms with Crippen LogP contribution in [0.15, 0.2) is 65.3 Å². The van der Waals surface area contributed by atoms with Gasteiger partial charge in [-0.05, 0) is 54.6 Å². The molecular formula is C23H19N3O6. The van der Waals surface area contributed by atoms with Crippen molar-refractivity contribution in [1.82, 2.24) is 4.90 Å². The molecule has 1 aromatic heterocycles. The molecule has 9 heteroatoms. The number of hydrogen-bond acceptors (Lipinski definition) is 6. The van der Waals surface area contributed by atoms with E-state index in [1.807, 2.05) is 0 Å². The molecule has 9 nitrogen and oxygen atoms in total. The predicted molar refractivity (Wildman–Crippen MR) is 113 cm³/mol. The van der Waals surface area contributed by atoms with Gasteiger partial charge in [0.05, 0.1) is 37.0 Å². The highest BCUT2D eigenvalue weighted by Crippen LogP contribution is 2.26. The summed E-state index contributed by atoms with van der Waals surface area (Å²) < 4.78 is 10.6. The third-order valence-electron chi connectivity index (χ3n) is 4.86. The van der Waals surface area contributed by atoms with Gasteiger partial charge in [-0.2, -0.15) is 0 Å². The Morgan fingerprint density at radius 3 is 2.44 bits per heavy atom. The molecule has 0 atom stereocenters. The van der Waals surface area contributed by atoms with Gasteiger partial charge in [-0.25, -0.2) is 0 Å². The average Bonchev–Trinajstić information content (AvgIpc) is 3.37. The number of carbonyl (C=O) groups is 4. The summed E-state index contributed by atoms with van der Waals surface area (Å²) in [7, 11) is 0. The Balaban J connectivity index is 1.43. The smallest absolute Gasteiger partial charge is 0.261 e. The van der Waals surface area contributed by atoms with Crippen LogP contribution in [0.3, 0.4) is 0 Å². The van der Waals surface area contributed by atoms with Gasteiger partial charge < -0.3 is 20.2 Å². The van der Waals surface area contributed by atoms with Gasteiger partial charge in [-0.3, -0.25) is 24.1 Å². The number of fused-ring (bicyclic) bond motifs is 1. The van der Waals surface area contributed by atoms with Gasteiger partial charge in [0.2, 0.25) is 5.91 Å². The SMILES string of the molecule is NC(=O)CCOc1ccc(NC(=O)c2ccc3c(c2)C(=O)N(Cc2ccco2)C3=O)cc1. The van der Waals surface area contributed by atoms with E-state index in [1.165, 1.54) is 24.5 Å². The molecule has 4 amide bonds. The van der Waals surface area contributed by atoms with E-state index in [2.05, 4.69) is 5.32 Å². The molecule has 0 fully saturated rings. The first-order chi connectivity index (χ1) is 15.4. The number of rotatable bonds is 8. The van der Waals surface area contributed by atoms with Crippen LogP contribution >= 0.6 is 0 Å². The van der Waals surface area contributed by atoms with E-state index in [0.717, 1.165) is 4.90 Å². The van der Waals surface area contributed by atoms with E-state index in [-0.39, 0.29) is 36.3 Å². The molecule has 2 aromatic carbocycles. The standard InChI is InChI=1S/C23H19N3O6/c24-20(27)9-11-32-16-6-4-15(5-7-16)25-21(28)14-3-8-18-19(12-14)23(30)26(22(18)29)13-17-2-1-10-31-17/h1-8,10,12H,9,11,13H2,(H2,24,27)(H,25,28). The lowest BCUT2D eigenvalue weighted by atomic mass is 10.1. The minimum Gasteiger partial charge on any atom is -0.493 e. The summed E-state index contributed by atoms with van der Waals surface area (Å²) in [5.74, 6) is -0.775. The Bertz CT molecular complexity index is 1180. The van der Waals surface area contributed by atoms with Gasteiger partial charge in [0.1, 0.15) is 11.5 Å². The summed E-state index contributed by atoms with van der Waals surface area (Å²) >= 11 is 0. The van der Waals surface area contributed by atoms with E-state index >= 15 is 0 Å². The summed E-state index contributed by atoms with van der Waals surface area (Å²) in [6.45, 7) is 0.189. The van der Waals surface area contributed by atoms with Crippen LogP contribution < -0.4 is 15.8 Å². The Morgan fingerprint density at radius 1 is 1.00 bits per heavy atom. The van der Waals surface area contributed by atoms with Crippen LogP contribution in [0.2, 0.25) is 0 Å². The fourth-order valence-electron chi connectivity index (χ4n) is 3.24. The normalized spacial score (nSPS) is 12.6. The van der Waals surface area contributed by atoms with Crippen molar-refractivity contribution in [2.24, 2.45) is 5.73 Å². The summed E-state index contributed by atoms with van der Waals surface area (Å²) in [5, 5.41) is 2.73. The number of nitrogens with two attached hydrogens (primary N) is 1. The van der Waals surface area contributed by atoms with Crippen molar-refractivity contribution >= 4 is 29.3 Å². The van der Waals surface area contributed by atoms with Crippen LogP contribution in [-0.2, 0) is 11.3 Å². The molecule has 32 heavy (non-hydrogen) atoms. The summed E-state index contributed by atoms with van der Waals surface area (Å²) in [6.07, 6.45) is 1.58. The highest BCUT2D eigenvalue weighted by Gasteiger charge is 2.36. The number of primary amides is 1. The Hall–Kier alpha value is -4.40. The van der Waals surface area contributed by atoms with E-state index in [0.29, 0.717) is 17.2 Å². The number of furan rings is 1. The molecule has 162 valence electrons. The molecule has 0 saturated heterocycles. The number of anilines is 1. The first-order valence-corrected chi connectivity index (χ1v) is 9.77. The van der Waals surface area contributed by atoms with Crippen molar-refractivity contribution in [2.45, 2.75) is 13.0 Å². The fourth-order valence-corrected chi connectivity index (χ4v) is 3.24. The Kier molecular flexibility index (Phi) is 5.71. The van der Waals surface area contributed by atoms with Gasteiger partial charge in [-0.15, -0.1) is 0 Å². The fraction of sp³-hybridized carbons (Fsp3) is 0.130. The second kappa shape index (κ2) is 8.76. The molecule has 0 radical (unpaired) electrons. The summed E-state index contributed by atoms with van der Waals surface area (Å²) in [5.41, 5.74) is 6.24. The first-order valence-electron chi connectivity index (χ1n) is 9.77. The van der Waals surface area contributed by atoms with Crippen LogP contribution in [0.4, 0.5) is 5.69 Å². The molecule has 0 saturated carbocycles. The van der Waals surface area contributed by atoms with Crippen molar-refractivity contribution < 1.29 is 28.3 Å². The second-order valence-electron chi connectivity index (χ2n) is 7.08. The molecule has 3 N–H and O–H groups in total. The topological polar surface area (TPSA) is 132 Å². The van der Waals surface area contributed by atoms with E-state index in [9.17, 15) is 19.2 Å². The number of benzene rings is 2. The lowest BCUT2D eigenvalue weighted by molar-refractivity contribution is -0.118. The molecule has 1 aliphatic heterocycles. The number of nitrogens with zero attached hydrogens (tertiary/aromatic N) is 1. The molecule has 0 spiro atoms. The molecule has 1 aliphatic rings. The maximum atomic E-state index is 12.7. The van der Waals surface area contributed by atoms with E-state index in [4.69, 9.17) is 14.9 Å². The number of nitrogens with one attached hydrogen (secondary N) is 1. The van der Waals surface area contributed by atoms with Gasteiger partial charge in [-0.1, -0.05) is 0 Å². The zero-order valence-corrected chi connectivity index (χ0v) is 16.9. The zero-order chi connectivity index (χ0) is 22.7. The molecule has 0 aliphatic carbocycles. The van der Waals surface area contributed by atoms with E-state index < -0.39 is 23.6 Å². The van der Waals surface area contributed by atoms with Crippen molar-refractivity contribution in [3.05, 3.63) is 83.3 Å². The summed E-state index contributed by atoms with van der Waals surface area (Å²) in [4.78, 5) is 49.8. The van der Waals surface area contributed by atoms with E-state index in [1.54, 1.807) is 36.4 Å². The number of carbonyl (C=O) groups excluding carboxylic acids is 4. The lowest BCUT2D eigenvalue weighted by Gasteiger charge is -2.11. The maximum absolute atomic E-state index is 12.7. The monoisotopic (exact) mass is 433 g/mol. The zero-order valence-electron chi connectivity index (χ0n) is 16.9.